The maximum Gasteiger partial charge on any atom is 0.251 e. The summed E-state index contributed by atoms with van der Waals surface area (Å²) in [4.78, 5) is 14.7. The van der Waals surface area contributed by atoms with E-state index in [9.17, 15) is 4.79 Å². The van der Waals surface area contributed by atoms with Crippen LogP contribution in [0.1, 0.15) is 35.7 Å². The zero-order chi connectivity index (χ0) is 13.7. The Morgan fingerprint density at radius 1 is 1.37 bits per heavy atom. The summed E-state index contributed by atoms with van der Waals surface area (Å²) in [6.45, 7) is 5.46. The van der Waals surface area contributed by atoms with E-state index in [2.05, 4.69) is 33.1 Å². The Kier molecular flexibility index (Phi) is 5.40. The second-order valence-electron chi connectivity index (χ2n) is 4.97. The first-order valence-corrected chi connectivity index (χ1v) is 8.03. The van der Waals surface area contributed by atoms with Gasteiger partial charge in [0, 0.05) is 30.0 Å². The number of amides is 1. The molecule has 3 nitrogen and oxygen atoms in total. The normalized spacial score (nSPS) is 17.4. The number of halogens is 1. The molecule has 2 rings (SSSR count). The van der Waals surface area contributed by atoms with Gasteiger partial charge in [0.1, 0.15) is 0 Å². The number of benzene rings is 1. The van der Waals surface area contributed by atoms with E-state index in [1.165, 1.54) is 0 Å². The summed E-state index contributed by atoms with van der Waals surface area (Å²) in [5, 5.41) is 3.88. The van der Waals surface area contributed by atoms with Crippen molar-refractivity contribution in [3.05, 3.63) is 35.4 Å². The van der Waals surface area contributed by atoms with Crippen LogP contribution in [-0.4, -0.2) is 36.5 Å². The van der Waals surface area contributed by atoms with Gasteiger partial charge in [-0.3, -0.25) is 4.79 Å². The van der Waals surface area contributed by atoms with Crippen LogP contribution in [-0.2, 0) is 5.33 Å². The number of hydrogen-bond donors (Lipinski definition) is 1. The highest BCUT2D eigenvalue weighted by molar-refractivity contribution is 9.08. The molecular formula is C15H21BrN2O. The molecule has 0 bridgehead atoms. The van der Waals surface area contributed by atoms with Crippen LogP contribution in [0.3, 0.4) is 0 Å². The molecule has 0 aliphatic carbocycles. The molecule has 1 aliphatic rings. The van der Waals surface area contributed by atoms with Crippen LogP contribution in [0.5, 0.6) is 0 Å². The van der Waals surface area contributed by atoms with E-state index >= 15 is 0 Å². The summed E-state index contributed by atoms with van der Waals surface area (Å²) in [5.41, 5.74) is 1.84. The average molecular weight is 325 g/mol. The molecule has 1 N–H and O–H groups in total. The van der Waals surface area contributed by atoms with Gasteiger partial charge in [-0.05, 0) is 31.0 Å². The van der Waals surface area contributed by atoms with Crippen molar-refractivity contribution in [3.8, 4) is 0 Å². The minimum Gasteiger partial charge on any atom is -0.349 e. The summed E-state index contributed by atoms with van der Waals surface area (Å²) in [5.74, 6) is 0.0602. The molecule has 0 unspecified atom stereocenters. The predicted octanol–water partition coefficient (Wildman–Crippen LogP) is 2.80. The number of carbonyl (C=O) groups is 1. The quantitative estimate of drug-likeness (QED) is 0.864. The van der Waals surface area contributed by atoms with Crippen molar-refractivity contribution < 1.29 is 4.79 Å². The number of nitrogens with one attached hydrogen (secondary N) is 1. The van der Waals surface area contributed by atoms with Crippen LogP contribution in [0.2, 0.25) is 0 Å². The highest BCUT2D eigenvalue weighted by Crippen LogP contribution is 2.15. The first-order chi connectivity index (χ1) is 9.24. The molecule has 0 atom stereocenters. The summed E-state index contributed by atoms with van der Waals surface area (Å²) in [7, 11) is 0. The fourth-order valence-electron chi connectivity index (χ4n) is 2.52. The van der Waals surface area contributed by atoms with Crippen molar-refractivity contribution in [2.75, 3.05) is 19.6 Å². The maximum absolute atomic E-state index is 12.3. The third-order valence-electron chi connectivity index (χ3n) is 3.78. The van der Waals surface area contributed by atoms with E-state index in [0.29, 0.717) is 11.4 Å². The second-order valence-corrected chi connectivity index (χ2v) is 5.53. The van der Waals surface area contributed by atoms with Crippen molar-refractivity contribution in [2.45, 2.75) is 31.1 Å². The highest BCUT2D eigenvalue weighted by Gasteiger charge is 2.20. The standard InChI is InChI=1S/C15H21BrN2O/c1-2-18-9-7-13(8-10-18)17-15(19)14-6-4-3-5-12(14)11-16/h3-6,13H,2,7-11H2,1H3,(H,17,19). The summed E-state index contributed by atoms with van der Waals surface area (Å²) in [6.07, 6.45) is 2.10. The third kappa shape index (κ3) is 3.80. The first kappa shape index (κ1) is 14.5. The number of carbonyl (C=O) groups excluding carboxylic acids is 1. The van der Waals surface area contributed by atoms with Crippen molar-refractivity contribution >= 4 is 21.8 Å². The lowest BCUT2D eigenvalue weighted by atomic mass is 10.0. The Balaban J connectivity index is 1.94. The van der Waals surface area contributed by atoms with E-state index in [1.807, 2.05) is 24.3 Å². The third-order valence-corrected chi connectivity index (χ3v) is 4.38. The zero-order valence-corrected chi connectivity index (χ0v) is 12.9. The summed E-state index contributed by atoms with van der Waals surface area (Å²) < 4.78 is 0. The second kappa shape index (κ2) is 7.06. The summed E-state index contributed by atoms with van der Waals surface area (Å²) >= 11 is 3.43. The molecule has 0 radical (unpaired) electrons. The SMILES string of the molecule is CCN1CCC(NC(=O)c2ccccc2CBr)CC1. The monoisotopic (exact) mass is 324 g/mol. The van der Waals surface area contributed by atoms with Gasteiger partial charge in [0.15, 0.2) is 0 Å². The Morgan fingerprint density at radius 3 is 2.68 bits per heavy atom. The van der Waals surface area contributed by atoms with Crippen LogP contribution in [0.25, 0.3) is 0 Å². The van der Waals surface area contributed by atoms with Gasteiger partial charge in [0.2, 0.25) is 0 Å². The van der Waals surface area contributed by atoms with Crippen molar-refractivity contribution in [1.29, 1.82) is 0 Å². The van der Waals surface area contributed by atoms with E-state index in [1.54, 1.807) is 0 Å². The highest BCUT2D eigenvalue weighted by atomic mass is 79.9. The summed E-state index contributed by atoms with van der Waals surface area (Å²) in [6, 6.07) is 8.09. The van der Waals surface area contributed by atoms with Crippen LogP contribution >= 0.6 is 15.9 Å². The number of hydrogen-bond acceptors (Lipinski definition) is 2. The molecule has 0 spiro atoms. The lowest BCUT2D eigenvalue weighted by Gasteiger charge is -2.31. The van der Waals surface area contributed by atoms with E-state index in [-0.39, 0.29) is 5.91 Å². The number of rotatable bonds is 4. The molecular weight excluding hydrogens is 304 g/mol. The molecule has 104 valence electrons. The Bertz CT molecular complexity index is 428. The van der Waals surface area contributed by atoms with E-state index < -0.39 is 0 Å². The van der Waals surface area contributed by atoms with E-state index in [0.717, 1.165) is 43.6 Å². The van der Waals surface area contributed by atoms with Crippen molar-refractivity contribution in [2.24, 2.45) is 0 Å². The smallest absolute Gasteiger partial charge is 0.251 e. The predicted molar refractivity (Wildman–Crippen MR) is 81.7 cm³/mol. The van der Waals surface area contributed by atoms with Crippen LogP contribution in [0.4, 0.5) is 0 Å². The van der Waals surface area contributed by atoms with Gasteiger partial charge in [-0.2, -0.15) is 0 Å². The van der Waals surface area contributed by atoms with Gasteiger partial charge in [-0.15, -0.1) is 0 Å². The average Bonchev–Trinajstić information content (AvgIpc) is 2.48. The molecule has 1 aromatic carbocycles. The molecule has 19 heavy (non-hydrogen) atoms. The molecule has 1 amide bonds. The van der Waals surface area contributed by atoms with Crippen molar-refractivity contribution in [1.82, 2.24) is 10.2 Å². The molecule has 1 aliphatic heterocycles. The Labute approximate surface area is 123 Å². The molecule has 0 saturated carbocycles. The fourth-order valence-corrected chi connectivity index (χ4v) is 3.00. The van der Waals surface area contributed by atoms with Crippen LogP contribution in [0, 0.1) is 0 Å². The number of alkyl halides is 1. The topological polar surface area (TPSA) is 32.3 Å². The van der Waals surface area contributed by atoms with Gasteiger partial charge >= 0.3 is 0 Å². The van der Waals surface area contributed by atoms with Crippen LogP contribution < -0.4 is 5.32 Å². The zero-order valence-electron chi connectivity index (χ0n) is 11.4. The van der Waals surface area contributed by atoms with Crippen LogP contribution in [0.15, 0.2) is 24.3 Å². The van der Waals surface area contributed by atoms with Gasteiger partial charge in [0.25, 0.3) is 5.91 Å². The molecule has 1 fully saturated rings. The minimum atomic E-state index is 0.0602. The van der Waals surface area contributed by atoms with Crippen molar-refractivity contribution in [3.63, 3.8) is 0 Å². The molecule has 1 aromatic rings. The Morgan fingerprint density at radius 2 is 2.05 bits per heavy atom. The molecule has 1 heterocycles. The van der Waals surface area contributed by atoms with E-state index in [4.69, 9.17) is 0 Å². The Hall–Kier alpha value is -0.870. The van der Waals surface area contributed by atoms with Gasteiger partial charge in [0.05, 0.1) is 0 Å². The number of nitrogens with zero attached hydrogens (tertiary/aromatic N) is 1. The lowest BCUT2D eigenvalue weighted by molar-refractivity contribution is 0.0912. The minimum absolute atomic E-state index is 0.0602. The fraction of sp³-hybridized carbons (Fsp3) is 0.533. The largest absolute Gasteiger partial charge is 0.349 e. The number of piperidine rings is 1. The number of likely N-dealkylation sites (tertiary alicyclic amines) is 1. The molecule has 4 heteroatoms. The van der Waals surface area contributed by atoms with Gasteiger partial charge in [-0.1, -0.05) is 41.1 Å². The van der Waals surface area contributed by atoms with Gasteiger partial charge in [-0.25, -0.2) is 0 Å². The lowest BCUT2D eigenvalue weighted by Crippen LogP contribution is -2.44. The van der Waals surface area contributed by atoms with Gasteiger partial charge < -0.3 is 10.2 Å². The molecule has 0 aromatic heterocycles. The maximum atomic E-state index is 12.3. The first-order valence-electron chi connectivity index (χ1n) is 6.91. The molecule has 1 saturated heterocycles.